The van der Waals surface area contributed by atoms with Crippen molar-refractivity contribution < 1.29 is 4.74 Å². The van der Waals surface area contributed by atoms with E-state index < -0.39 is 0 Å². The van der Waals surface area contributed by atoms with E-state index in [2.05, 4.69) is 20.9 Å². The van der Waals surface area contributed by atoms with Gasteiger partial charge in [0.25, 0.3) is 0 Å². The zero-order valence-electron chi connectivity index (χ0n) is 10.1. The highest BCUT2D eigenvalue weighted by Gasteiger charge is 2.10. The van der Waals surface area contributed by atoms with Crippen molar-refractivity contribution in [1.82, 2.24) is 9.55 Å². The van der Waals surface area contributed by atoms with Crippen LogP contribution in [0.5, 0.6) is 5.75 Å². The predicted octanol–water partition coefficient (Wildman–Crippen LogP) is 2.45. The van der Waals surface area contributed by atoms with Crippen molar-refractivity contribution in [3.05, 3.63) is 46.0 Å². The van der Waals surface area contributed by atoms with Crippen molar-refractivity contribution in [3.63, 3.8) is 0 Å². The number of imidazole rings is 1. The van der Waals surface area contributed by atoms with Crippen LogP contribution in [0, 0.1) is 22.7 Å². The van der Waals surface area contributed by atoms with E-state index in [4.69, 9.17) is 15.3 Å². The lowest BCUT2D eigenvalue weighted by molar-refractivity contribution is 0.412. The van der Waals surface area contributed by atoms with Gasteiger partial charge in [0, 0.05) is 6.54 Å². The van der Waals surface area contributed by atoms with E-state index in [0.29, 0.717) is 6.54 Å². The molecule has 0 aliphatic heterocycles. The second-order valence-electron chi connectivity index (χ2n) is 3.76. The quantitative estimate of drug-likeness (QED) is 0.871. The van der Waals surface area contributed by atoms with Crippen LogP contribution < -0.4 is 4.74 Å². The molecule has 0 amide bonds. The summed E-state index contributed by atoms with van der Waals surface area (Å²) < 4.78 is 7.64. The molecule has 0 aliphatic rings. The van der Waals surface area contributed by atoms with Gasteiger partial charge in [0.1, 0.15) is 17.9 Å². The van der Waals surface area contributed by atoms with E-state index in [1.165, 1.54) is 6.33 Å². The Bertz CT molecular complexity index is 694. The minimum Gasteiger partial charge on any atom is -0.496 e. The summed E-state index contributed by atoms with van der Waals surface area (Å²) in [6.07, 6.45) is 1.50. The van der Waals surface area contributed by atoms with Gasteiger partial charge in [-0.1, -0.05) is 6.07 Å². The normalized spacial score (nSPS) is 9.68. The van der Waals surface area contributed by atoms with Crippen LogP contribution in [-0.2, 0) is 6.54 Å². The number of nitriles is 2. The van der Waals surface area contributed by atoms with Gasteiger partial charge in [-0.05, 0) is 33.6 Å². The number of hydrogen-bond donors (Lipinski definition) is 0. The third-order valence-electron chi connectivity index (χ3n) is 2.62. The Hall–Kier alpha value is -2.31. The lowest BCUT2D eigenvalue weighted by Gasteiger charge is -2.07. The maximum atomic E-state index is 9.04. The number of halogens is 1. The molecule has 2 rings (SSSR count). The first-order chi connectivity index (χ1) is 9.19. The van der Waals surface area contributed by atoms with Crippen LogP contribution in [0.1, 0.15) is 17.0 Å². The van der Waals surface area contributed by atoms with Crippen LogP contribution in [0.3, 0.4) is 0 Å². The molecule has 0 aliphatic carbocycles. The second-order valence-corrected chi connectivity index (χ2v) is 4.62. The van der Waals surface area contributed by atoms with Gasteiger partial charge >= 0.3 is 0 Å². The number of hydrogen-bond acceptors (Lipinski definition) is 4. The summed E-state index contributed by atoms with van der Waals surface area (Å²) in [4.78, 5) is 3.90. The highest BCUT2D eigenvalue weighted by molar-refractivity contribution is 9.10. The number of ether oxygens (including phenoxy) is 1. The summed E-state index contributed by atoms with van der Waals surface area (Å²) in [5, 5.41) is 17.9. The Morgan fingerprint density at radius 2 is 2.16 bits per heavy atom. The summed E-state index contributed by atoms with van der Waals surface area (Å²) in [7, 11) is 1.60. The molecular formula is C13H9BrN4O. The van der Waals surface area contributed by atoms with Gasteiger partial charge in [-0.3, -0.25) is 0 Å². The molecule has 2 aromatic rings. The summed E-state index contributed by atoms with van der Waals surface area (Å²) in [6, 6.07) is 9.54. The van der Waals surface area contributed by atoms with Crippen LogP contribution in [0.25, 0.3) is 0 Å². The Kier molecular flexibility index (Phi) is 3.84. The molecule has 1 aromatic carbocycles. The molecule has 0 N–H and O–H groups in total. The topological polar surface area (TPSA) is 74.6 Å². The molecule has 0 radical (unpaired) electrons. The first-order valence-electron chi connectivity index (χ1n) is 5.37. The average molecular weight is 317 g/mol. The van der Waals surface area contributed by atoms with Gasteiger partial charge in [0.05, 0.1) is 17.9 Å². The Balaban J connectivity index is 2.32. The SMILES string of the molecule is COc1ccc(Cn2cnc(C#N)c2C#N)cc1Br. The molecule has 0 unspecified atom stereocenters. The average Bonchev–Trinajstić information content (AvgIpc) is 2.81. The van der Waals surface area contributed by atoms with E-state index in [1.54, 1.807) is 11.7 Å². The van der Waals surface area contributed by atoms with E-state index in [1.807, 2.05) is 30.3 Å². The van der Waals surface area contributed by atoms with Crippen LogP contribution in [0.4, 0.5) is 0 Å². The largest absolute Gasteiger partial charge is 0.496 e. The summed E-state index contributed by atoms with van der Waals surface area (Å²) in [5.41, 5.74) is 1.40. The van der Waals surface area contributed by atoms with Crippen LogP contribution >= 0.6 is 15.9 Å². The fourth-order valence-corrected chi connectivity index (χ4v) is 2.29. The Morgan fingerprint density at radius 3 is 2.74 bits per heavy atom. The molecule has 19 heavy (non-hydrogen) atoms. The van der Waals surface area contributed by atoms with Gasteiger partial charge in [0.15, 0.2) is 11.4 Å². The van der Waals surface area contributed by atoms with E-state index in [0.717, 1.165) is 15.8 Å². The van der Waals surface area contributed by atoms with E-state index >= 15 is 0 Å². The molecule has 0 atom stereocenters. The zero-order chi connectivity index (χ0) is 13.8. The van der Waals surface area contributed by atoms with Crippen molar-refractivity contribution in [3.8, 4) is 17.9 Å². The van der Waals surface area contributed by atoms with Gasteiger partial charge in [-0.25, -0.2) is 4.98 Å². The van der Waals surface area contributed by atoms with Crippen molar-refractivity contribution in [2.45, 2.75) is 6.54 Å². The summed E-state index contributed by atoms with van der Waals surface area (Å²) in [5.74, 6) is 0.743. The van der Waals surface area contributed by atoms with Gasteiger partial charge in [-0.15, -0.1) is 0 Å². The molecule has 0 saturated carbocycles. The smallest absolute Gasteiger partial charge is 0.176 e. The summed E-state index contributed by atoms with van der Waals surface area (Å²) >= 11 is 3.41. The number of rotatable bonds is 3. The highest BCUT2D eigenvalue weighted by Crippen LogP contribution is 2.26. The number of nitrogens with zero attached hydrogens (tertiary/aromatic N) is 4. The van der Waals surface area contributed by atoms with E-state index in [9.17, 15) is 0 Å². The molecule has 0 spiro atoms. The fourth-order valence-electron chi connectivity index (χ4n) is 1.71. The molecular weight excluding hydrogens is 308 g/mol. The third-order valence-corrected chi connectivity index (χ3v) is 3.24. The lowest BCUT2D eigenvalue weighted by Crippen LogP contribution is -2.01. The minimum atomic E-state index is 0.148. The number of benzene rings is 1. The highest BCUT2D eigenvalue weighted by atomic mass is 79.9. The fraction of sp³-hybridized carbons (Fsp3) is 0.154. The zero-order valence-corrected chi connectivity index (χ0v) is 11.7. The number of methoxy groups -OCH3 is 1. The lowest BCUT2D eigenvalue weighted by atomic mass is 10.2. The van der Waals surface area contributed by atoms with Crippen molar-refractivity contribution >= 4 is 15.9 Å². The maximum absolute atomic E-state index is 9.04. The monoisotopic (exact) mass is 316 g/mol. The molecule has 0 fully saturated rings. The van der Waals surface area contributed by atoms with Gasteiger partial charge < -0.3 is 9.30 Å². The first kappa shape index (κ1) is 13.1. The second kappa shape index (κ2) is 5.55. The predicted molar refractivity (Wildman–Crippen MR) is 71.5 cm³/mol. The van der Waals surface area contributed by atoms with Crippen LogP contribution in [0.15, 0.2) is 29.0 Å². The molecule has 94 valence electrons. The van der Waals surface area contributed by atoms with Gasteiger partial charge in [-0.2, -0.15) is 10.5 Å². The molecule has 1 heterocycles. The Labute approximate surface area is 118 Å². The first-order valence-corrected chi connectivity index (χ1v) is 6.16. The molecule has 1 aromatic heterocycles. The number of aromatic nitrogens is 2. The van der Waals surface area contributed by atoms with Crippen molar-refractivity contribution in [1.29, 1.82) is 10.5 Å². The van der Waals surface area contributed by atoms with Crippen molar-refractivity contribution in [2.75, 3.05) is 7.11 Å². The minimum absolute atomic E-state index is 0.148. The van der Waals surface area contributed by atoms with Gasteiger partial charge in [0.2, 0.25) is 0 Å². The van der Waals surface area contributed by atoms with E-state index in [-0.39, 0.29) is 11.4 Å². The summed E-state index contributed by atoms with van der Waals surface area (Å²) in [6.45, 7) is 0.472. The molecule has 0 bridgehead atoms. The molecule has 5 nitrogen and oxygen atoms in total. The molecule has 0 saturated heterocycles. The third kappa shape index (κ3) is 2.59. The Morgan fingerprint density at radius 1 is 1.37 bits per heavy atom. The van der Waals surface area contributed by atoms with Crippen LogP contribution in [-0.4, -0.2) is 16.7 Å². The van der Waals surface area contributed by atoms with Crippen LogP contribution in [0.2, 0.25) is 0 Å². The standard InChI is InChI=1S/C13H9BrN4O/c1-19-13-3-2-9(4-10(13)14)7-18-8-17-11(5-15)12(18)6-16/h2-4,8H,7H2,1H3. The van der Waals surface area contributed by atoms with Crippen molar-refractivity contribution in [2.24, 2.45) is 0 Å². The maximum Gasteiger partial charge on any atom is 0.176 e. The molecule has 6 heteroatoms.